The van der Waals surface area contributed by atoms with Crippen LogP contribution in [0.3, 0.4) is 0 Å². The summed E-state index contributed by atoms with van der Waals surface area (Å²) < 4.78 is 9.97. The maximum atomic E-state index is 12.0. The van der Waals surface area contributed by atoms with Crippen molar-refractivity contribution in [3.05, 3.63) is 0 Å². The largest absolute Gasteiger partial charge is 0.438 e. The van der Waals surface area contributed by atoms with Crippen LogP contribution in [0.25, 0.3) is 0 Å². The molecule has 0 spiro atoms. The number of Topliss-reactive ketones (excluding diaryl/α,β-unsaturated/α-hetero) is 1. The van der Waals surface area contributed by atoms with E-state index in [4.69, 9.17) is 9.47 Å². The Bertz CT molecular complexity index is 479. The Labute approximate surface area is 164 Å². The third kappa shape index (κ3) is 5.56. The number of rotatable bonds is 6. The lowest BCUT2D eigenvalue weighted by molar-refractivity contribution is -0.160. The molecule has 0 amide bonds. The molecule has 0 N–H and O–H groups in total. The summed E-state index contributed by atoms with van der Waals surface area (Å²) in [4.78, 5) is 23.6. The normalized spacial score (nSPS) is 37.6. The van der Waals surface area contributed by atoms with Gasteiger partial charge in [-0.25, -0.2) is 0 Å². The van der Waals surface area contributed by atoms with Crippen molar-refractivity contribution in [1.29, 1.82) is 0 Å². The van der Waals surface area contributed by atoms with Crippen molar-refractivity contribution in [3.8, 4) is 0 Å². The van der Waals surface area contributed by atoms with Gasteiger partial charge in [0.2, 0.25) is 0 Å². The summed E-state index contributed by atoms with van der Waals surface area (Å²) >= 11 is 0. The van der Waals surface area contributed by atoms with Crippen LogP contribution in [0.5, 0.6) is 0 Å². The van der Waals surface area contributed by atoms with Crippen LogP contribution in [0.1, 0.15) is 84.0 Å². The Hall–Kier alpha value is -0.900. The summed E-state index contributed by atoms with van der Waals surface area (Å²) in [6.07, 6.45) is 14.7. The third-order valence-electron chi connectivity index (χ3n) is 7.92. The van der Waals surface area contributed by atoms with Crippen molar-refractivity contribution in [1.82, 2.24) is 0 Å². The highest BCUT2D eigenvalue weighted by Crippen LogP contribution is 2.46. The second-order valence-electron chi connectivity index (χ2n) is 9.38. The lowest BCUT2D eigenvalue weighted by Gasteiger charge is -2.41. The second kappa shape index (κ2) is 10.0. The smallest absolute Gasteiger partial charge is 0.311 e. The molecule has 154 valence electrons. The van der Waals surface area contributed by atoms with Crippen molar-refractivity contribution in [2.75, 3.05) is 13.9 Å². The monoisotopic (exact) mass is 378 g/mol. The van der Waals surface area contributed by atoms with Gasteiger partial charge in [0.15, 0.2) is 6.79 Å². The highest BCUT2D eigenvalue weighted by molar-refractivity contribution is 5.78. The van der Waals surface area contributed by atoms with E-state index in [9.17, 15) is 9.59 Å². The first-order valence-corrected chi connectivity index (χ1v) is 11.2. The molecule has 0 aliphatic heterocycles. The Morgan fingerprint density at radius 3 is 1.41 bits per heavy atom. The first-order chi connectivity index (χ1) is 13.1. The van der Waals surface area contributed by atoms with Gasteiger partial charge in [0, 0.05) is 13.0 Å². The minimum atomic E-state index is -0.0693. The molecule has 4 heteroatoms. The fraction of sp³-hybridized carbons (Fsp3) is 0.913. The molecule has 27 heavy (non-hydrogen) atoms. The topological polar surface area (TPSA) is 52.6 Å². The molecule has 0 aromatic heterocycles. The molecule has 0 aromatic carbocycles. The van der Waals surface area contributed by atoms with E-state index in [0.717, 1.165) is 49.4 Å². The van der Waals surface area contributed by atoms with E-state index >= 15 is 0 Å². The van der Waals surface area contributed by atoms with Crippen LogP contribution >= 0.6 is 0 Å². The van der Waals surface area contributed by atoms with Crippen molar-refractivity contribution >= 4 is 11.8 Å². The van der Waals surface area contributed by atoms with Crippen LogP contribution in [0.4, 0.5) is 0 Å². The summed E-state index contributed by atoms with van der Waals surface area (Å²) in [5.41, 5.74) is 0. The number of methoxy groups -OCH3 is 1. The Balaban J connectivity index is 1.36. The fourth-order valence-electron chi connectivity index (χ4n) is 6.15. The summed E-state index contributed by atoms with van der Waals surface area (Å²) in [6, 6.07) is 0. The number of esters is 1. The average molecular weight is 379 g/mol. The highest BCUT2D eigenvalue weighted by atomic mass is 16.7. The molecule has 0 atom stereocenters. The second-order valence-corrected chi connectivity index (χ2v) is 9.38. The zero-order chi connectivity index (χ0) is 19.2. The van der Waals surface area contributed by atoms with E-state index < -0.39 is 0 Å². The number of carbonyl (C=O) groups excluding carboxylic acids is 2. The number of carbonyl (C=O) groups is 2. The molecule has 0 radical (unpaired) electrons. The molecule has 3 aliphatic carbocycles. The zero-order valence-electron chi connectivity index (χ0n) is 17.3. The van der Waals surface area contributed by atoms with Crippen LogP contribution in [0.15, 0.2) is 0 Å². The van der Waals surface area contributed by atoms with Gasteiger partial charge in [-0.1, -0.05) is 0 Å². The highest BCUT2D eigenvalue weighted by Gasteiger charge is 2.36. The molecule has 3 rings (SSSR count). The maximum Gasteiger partial charge on any atom is 0.311 e. The van der Waals surface area contributed by atoms with E-state index in [1.165, 1.54) is 51.4 Å². The quantitative estimate of drug-likeness (QED) is 0.474. The van der Waals surface area contributed by atoms with Gasteiger partial charge in [-0.15, -0.1) is 0 Å². The lowest BCUT2D eigenvalue weighted by atomic mass is 9.65. The summed E-state index contributed by atoms with van der Waals surface area (Å²) in [7, 11) is 1.55. The van der Waals surface area contributed by atoms with Crippen molar-refractivity contribution < 1.29 is 19.1 Å². The van der Waals surface area contributed by atoms with Crippen molar-refractivity contribution in [3.63, 3.8) is 0 Å². The van der Waals surface area contributed by atoms with E-state index in [1.54, 1.807) is 14.0 Å². The zero-order valence-corrected chi connectivity index (χ0v) is 17.3. The Kier molecular flexibility index (Phi) is 7.75. The lowest BCUT2D eigenvalue weighted by Crippen LogP contribution is -2.31. The van der Waals surface area contributed by atoms with Gasteiger partial charge >= 0.3 is 5.97 Å². The van der Waals surface area contributed by atoms with Crippen LogP contribution < -0.4 is 0 Å². The molecule has 0 saturated heterocycles. The molecule has 3 aliphatic rings. The van der Waals surface area contributed by atoms with Crippen LogP contribution in [0.2, 0.25) is 0 Å². The van der Waals surface area contributed by atoms with Gasteiger partial charge in [-0.3, -0.25) is 9.59 Å². The van der Waals surface area contributed by atoms with Gasteiger partial charge in [-0.2, -0.15) is 0 Å². The van der Waals surface area contributed by atoms with Gasteiger partial charge in [0.05, 0.1) is 5.92 Å². The van der Waals surface area contributed by atoms with Crippen molar-refractivity contribution in [2.45, 2.75) is 84.0 Å². The molecular weight excluding hydrogens is 340 g/mol. The summed E-state index contributed by atoms with van der Waals surface area (Å²) in [6.45, 7) is 1.85. The molecule has 0 aromatic rings. The van der Waals surface area contributed by atoms with E-state index in [-0.39, 0.29) is 18.7 Å². The molecule has 3 fully saturated rings. The van der Waals surface area contributed by atoms with Crippen molar-refractivity contribution in [2.24, 2.45) is 35.5 Å². The molecular formula is C23H38O4. The molecule has 3 saturated carbocycles. The molecule has 0 heterocycles. The van der Waals surface area contributed by atoms with Gasteiger partial charge < -0.3 is 9.47 Å². The number of hydrogen-bond acceptors (Lipinski definition) is 4. The maximum absolute atomic E-state index is 12.0. The van der Waals surface area contributed by atoms with E-state index in [2.05, 4.69) is 0 Å². The van der Waals surface area contributed by atoms with Gasteiger partial charge in [0.1, 0.15) is 5.78 Å². The van der Waals surface area contributed by atoms with E-state index in [0.29, 0.717) is 11.7 Å². The third-order valence-corrected chi connectivity index (χ3v) is 7.92. The predicted molar refractivity (Wildman–Crippen MR) is 105 cm³/mol. The standard InChI is InChI=1S/C23H38O4/c1-16(24)17-3-5-18(6-4-17)19-7-9-20(10-8-19)21-11-13-22(14-12-21)23(25)27-15-26-2/h17-22H,3-15H2,1-2H3. The Morgan fingerprint density at radius 2 is 1.04 bits per heavy atom. The SMILES string of the molecule is COCOC(=O)C1CCC(C2CCC(C3CCC(C(C)=O)CC3)CC2)CC1. The minimum absolute atomic E-state index is 0.0693. The summed E-state index contributed by atoms with van der Waals surface area (Å²) in [5.74, 6) is 4.21. The molecule has 4 nitrogen and oxygen atoms in total. The average Bonchev–Trinajstić information content (AvgIpc) is 2.72. The van der Waals surface area contributed by atoms with Gasteiger partial charge in [-0.05, 0) is 108 Å². The van der Waals surface area contributed by atoms with E-state index in [1.807, 2.05) is 0 Å². The first kappa shape index (κ1) is 20.8. The molecule has 0 unspecified atom stereocenters. The van der Waals surface area contributed by atoms with Crippen LogP contribution in [-0.4, -0.2) is 25.7 Å². The fourth-order valence-corrected chi connectivity index (χ4v) is 6.15. The number of hydrogen-bond donors (Lipinski definition) is 0. The number of ketones is 1. The van der Waals surface area contributed by atoms with Gasteiger partial charge in [0.25, 0.3) is 0 Å². The number of ether oxygens (including phenoxy) is 2. The predicted octanol–water partition coefficient (Wildman–Crippen LogP) is 5.14. The van der Waals surface area contributed by atoms with Crippen LogP contribution in [-0.2, 0) is 19.1 Å². The summed E-state index contributed by atoms with van der Waals surface area (Å²) in [5, 5.41) is 0. The molecule has 0 bridgehead atoms. The minimum Gasteiger partial charge on any atom is -0.438 e. The van der Waals surface area contributed by atoms with Crippen LogP contribution in [0, 0.1) is 35.5 Å². The first-order valence-electron chi connectivity index (χ1n) is 11.2. The Morgan fingerprint density at radius 1 is 0.667 bits per heavy atom.